The van der Waals surface area contributed by atoms with Crippen LogP contribution >= 0.6 is 11.6 Å². The summed E-state index contributed by atoms with van der Waals surface area (Å²) >= 11 is 5.73. The summed E-state index contributed by atoms with van der Waals surface area (Å²) < 4.78 is 6.97. The molecule has 23 heavy (non-hydrogen) atoms. The summed E-state index contributed by atoms with van der Waals surface area (Å²) in [5, 5.41) is 3.97. The fourth-order valence-electron chi connectivity index (χ4n) is 2.82. The second kappa shape index (κ2) is 5.20. The number of carbonyl (C=O) groups is 1. The maximum atomic E-state index is 12.8. The lowest BCUT2D eigenvalue weighted by Gasteiger charge is -2.23. The molecular formula is C15H12ClN5O2. The first-order valence-corrected chi connectivity index (χ1v) is 7.51. The van der Waals surface area contributed by atoms with Gasteiger partial charge < -0.3 is 9.42 Å². The number of nitrogens with zero attached hydrogens (tertiary/aromatic N) is 5. The quantitative estimate of drug-likeness (QED) is 0.673. The van der Waals surface area contributed by atoms with E-state index in [0.717, 1.165) is 11.4 Å². The van der Waals surface area contributed by atoms with Gasteiger partial charge in [-0.1, -0.05) is 17.3 Å². The van der Waals surface area contributed by atoms with E-state index >= 15 is 0 Å². The number of aromatic nitrogens is 4. The summed E-state index contributed by atoms with van der Waals surface area (Å²) in [6.07, 6.45) is 3.38. The first-order chi connectivity index (χ1) is 11.2. The molecule has 1 aromatic carbocycles. The number of fused-ring (bicyclic) bond motifs is 3. The normalized spacial score (nSPS) is 16.9. The molecule has 0 saturated carbocycles. The van der Waals surface area contributed by atoms with Crippen LogP contribution in [0, 0.1) is 0 Å². The predicted molar refractivity (Wildman–Crippen MR) is 81.4 cm³/mol. The van der Waals surface area contributed by atoms with Crippen molar-refractivity contribution in [1.29, 1.82) is 0 Å². The average Bonchev–Trinajstić information content (AvgIpc) is 3.22. The van der Waals surface area contributed by atoms with Crippen LogP contribution in [0.2, 0.25) is 0 Å². The Morgan fingerprint density at radius 3 is 2.96 bits per heavy atom. The predicted octanol–water partition coefficient (Wildman–Crippen LogP) is 2.17. The number of amides is 1. The second-order valence-corrected chi connectivity index (χ2v) is 5.47. The van der Waals surface area contributed by atoms with Crippen LogP contribution in [0.3, 0.4) is 0 Å². The monoisotopic (exact) mass is 329 g/mol. The van der Waals surface area contributed by atoms with Crippen LogP contribution < -0.4 is 0 Å². The Hall–Kier alpha value is -2.67. The van der Waals surface area contributed by atoms with Crippen molar-refractivity contribution in [3.8, 4) is 5.69 Å². The molecule has 3 aromatic rings. The Morgan fingerprint density at radius 1 is 1.35 bits per heavy atom. The molecule has 0 radical (unpaired) electrons. The summed E-state index contributed by atoms with van der Waals surface area (Å²) in [7, 11) is 1.71. The number of benzene rings is 1. The highest BCUT2D eigenvalue weighted by Gasteiger charge is 2.35. The fraction of sp³-hybridized carbons (Fsp3) is 0.200. The van der Waals surface area contributed by atoms with Crippen molar-refractivity contribution in [2.45, 2.75) is 11.9 Å². The molecule has 1 unspecified atom stereocenters. The van der Waals surface area contributed by atoms with E-state index in [9.17, 15) is 4.79 Å². The number of halogens is 1. The molecule has 1 aliphatic rings. The zero-order valence-corrected chi connectivity index (χ0v) is 12.9. The molecule has 1 aliphatic heterocycles. The van der Waals surface area contributed by atoms with Gasteiger partial charge in [-0.25, -0.2) is 4.98 Å². The Kier molecular flexibility index (Phi) is 3.16. The van der Waals surface area contributed by atoms with Crippen molar-refractivity contribution in [1.82, 2.24) is 24.6 Å². The maximum Gasteiger partial charge on any atom is 0.256 e. The van der Waals surface area contributed by atoms with Gasteiger partial charge in [-0.3, -0.25) is 9.36 Å². The number of alkyl halides is 1. The third kappa shape index (κ3) is 2.04. The molecule has 0 spiro atoms. The van der Waals surface area contributed by atoms with Gasteiger partial charge in [0.05, 0.1) is 29.5 Å². The first kappa shape index (κ1) is 14.0. The minimum absolute atomic E-state index is 0.119. The number of para-hydroxylation sites is 1. The number of imidazole rings is 1. The van der Waals surface area contributed by atoms with Gasteiger partial charge in [-0.05, 0) is 12.1 Å². The molecule has 3 heterocycles. The topological polar surface area (TPSA) is 77.0 Å². The van der Waals surface area contributed by atoms with Crippen molar-refractivity contribution >= 4 is 17.5 Å². The maximum absolute atomic E-state index is 12.8. The van der Waals surface area contributed by atoms with Crippen LogP contribution in [-0.4, -0.2) is 37.5 Å². The fourth-order valence-corrected chi connectivity index (χ4v) is 2.93. The number of hydrogen-bond acceptors (Lipinski definition) is 5. The van der Waals surface area contributed by atoms with E-state index in [0.29, 0.717) is 17.3 Å². The van der Waals surface area contributed by atoms with Crippen LogP contribution in [-0.2, 0) is 5.88 Å². The van der Waals surface area contributed by atoms with E-state index in [2.05, 4.69) is 15.1 Å². The van der Waals surface area contributed by atoms with Crippen LogP contribution in [0.1, 0.15) is 33.8 Å². The third-order valence-electron chi connectivity index (χ3n) is 3.89. The molecule has 116 valence electrons. The molecule has 0 fully saturated rings. The van der Waals surface area contributed by atoms with Gasteiger partial charge in [0.15, 0.2) is 0 Å². The van der Waals surface area contributed by atoms with Gasteiger partial charge in [-0.2, -0.15) is 4.98 Å². The van der Waals surface area contributed by atoms with Gasteiger partial charge in [0.1, 0.15) is 11.9 Å². The number of rotatable bonds is 2. The Morgan fingerprint density at radius 2 is 2.17 bits per heavy atom. The standard InChI is InChI=1S/C15H12ClN5O2/c1-20-13(14-18-12(6-16)23-19-14)11-7-17-8-21(11)10-5-3-2-4-9(10)15(20)22/h2-5,7-8,13H,6H2,1H3. The Balaban J connectivity index is 1.94. The van der Waals surface area contributed by atoms with Crippen molar-refractivity contribution in [3.05, 3.63) is 59.8 Å². The van der Waals surface area contributed by atoms with Crippen molar-refractivity contribution in [2.75, 3.05) is 7.05 Å². The molecule has 2 aromatic heterocycles. The van der Waals surface area contributed by atoms with E-state index in [-0.39, 0.29) is 11.8 Å². The molecule has 8 heteroatoms. The van der Waals surface area contributed by atoms with E-state index in [1.165, 1.54) is 0 Å². The Labute approximate surface area is 136 Å². The molecule has 1 atom stereocenters. The largest absolute Gasteiger partial charge is 0.338 e. The second-order valence-electron chi connectivity index (χ2n) is 5.20. The first-order valence-electron chi connectivity index (χ1n) is 6.98. The zero-order valence-electron chi connectivity index (χ0n) is 12.2. The lowest BCUT2D eigenvalue weighted by Crippen LogP contribution is -2.31. The SMILES string of the molecule is CN1C(=O)c2ccccc2-n2cncc2C1c1noc(CCl)n1. The summed E-state index contributed by atoms with van der Waals surface area (Å²) in [4.78, 5) is 22.9. The van der Waals surface area contributed by atoms with Gasteiger partial charge >= 0.3 is 0 Å². The molecule has 1 amide bonds. The summed E-state index contributed by atoms with van der Waals surface area (Å²) in [6.45, 7) is 0. The van der Waals surface area contributed by atoms with E-state index < -0.39 is 6.04 Å². The van der Waals surface area contributed by atoms with Gasteiger partial charge in [0, 0.05) is 7.05 Å². The summed E-state index contributed by atoms with van der Waals surface area (Å²) in [5.41, 5.74) is 2.16. The van der Waals surface area contributed by atoms with Crippen LogP contribution in [0.25, 0.3) is 5.69 Å². The highest BCUT2D eigenvalue weighted by Crippen LogP contribution is 2.33. The molecule has 0 N–H and O–H groups in total. The van der Waals surface area contributed by atoms with Crippen LogP contribution in [0.5, 0.6) is 0 Å². The lowest BCUT2D eigenvalue weighted by molar-refractivity contribution is 0.0751. The van der Waals surface area contributed by atoms with Crippen molar-refractivity contribution in [3.63, 3.8) is 0 Å². The van der Waals surface area contributed by atoms with Gasteiger partial charge in [0.25, 0.3) is 5.91 Å². The van der Waals surface area contributed by atoms with Crippen LogP contribution in [0.4, 0.5) is 0 Å². The Bertz CT molecular complexity index is 887. The van der Waals surface area contributed by atoms with Crippen molar-refractivity contribution in [2.24, 2.45) is 0 Å². The number of hydrogen-bond donors (Lipinski definition) is 0. The van der Waals surface area contributed by atoms with E-state index in [4.69, 9.17) is 16.1 Å². The molecule has 4 rings (SSSR count). The highest BCUT2D eigenvalue weighted by molar-refractivity contribution is 6.16. The smallest absolute Gasteiger partial charge is 0.256 e. The van der Waals surface area contributed by atoms with Gasteiger partial charge in [-0.15, -0.1) is 11.6 Å². The number of carbonyl (C=O) groups excluding carboxylic acids is 1. The van der Waals surface area contributed by atoms with Crippen molar-refractivity contribution < 1.29 is 9.32 Å². The van der Waals surface area contributed by atoms with Gasteiger partial charge in [0.2, 0.25) is 11.7 Å². The minimum atomic E-state index is -0.502. The minimum Gasteiger partial charge on any atom is -0.338 e. The molecule has 0 saturated heterocycles. The third-order valence-corrected chi connectivity index (χ3v) is 4.12. The zero-order chi connectivity index (χ0) is 16.0. The van der Waals surface area contributed by atoms with E-state index in [1.54, 1.807) is 30.5 Å². The summed E-state index contributed by atoms with van der Waals surface area (Å²) in [5.74, 6) is 0.699. The highest BCUT2D eigenvalue weighted by atomic mass is 35.5. The molecule has 7 nitrogen and oxygen atoms in total. The molecule has 0 bridgehead atoms. The summed E-state index contributed by atoms with van der Waals surface area (Å²) in [6, 6.07) is 6.89. The van der Waals surface area contributed by atoms with Crippen LogP contribution in [0.15, 0.2) is 41.3 Å². The average molecular weight is 330 g/mol. The lowest BCUT2D eigenvalue weighted by atomic mass is 10.1. The van der Waals surface area contributed by atoms with E-state index in [1.807, 2.05) is 22.8 Å². The molecular weight excluding hydrogens is 318 g/mol. The molecule has 0 aliphatic carbocycles.